The molecule has 36 heavy (non-hydrogen) atoms. The lowest BCUT2D eigenvalue weighted by molar-refractivity contribution is 0.102. The number of carbonyl (C=O) groups excluding carboxylic acids is 1. The van der Waals surface area contributed by atoms with Crippen LogP contribution in [0.4, 0.5) is 10.7 Å². The number of halogens is 2. The van der Waals surface area contributed by atoms with Gasteiger partial charge in [0.05, 0.1) is 24.8 Å². The number of benzene rings is 2. The average molecular weight is 546 g/mol. The van der Waals surface area contributed by atoms with Gasteiger partial charge in [-0.25, -0.2) is 4.99 Å². The molecule has 0 aliphatic heterocycles. The van der Waals surface area contributed by atoms with Crippen molar-refractivity contribution in [1.29, 1.82) is 0 Å². The predicted octanol–water partition coefficient (Wildman–Crippen LogP) is 8.23. The Labute approximate surface area is 226 Å². The van der Waals surface area contributed by atoms with Crippen LogP contribution in [0.2, 0.25) is 10.0 Å². The van der Waals surface area contributed by atoms with Gasteiger partial charge in [-0.15, -0.1) is 11.3 Å². The molecule has 1 atom stereocenters. The normalized spacial score (nSPS) is 15.6. The fourth-order valence-electron chi connectivity index (χ4n) is 4.51. The Hall–Kier alpha value is -2.54. The highest BCUT2D eigenvalue weighted by atomic mass is 35.5. The summed E-state index contributed by atoms with van der Waals surface area (Å²) >= 11 is 14.0. The monoisotopic (exact) mass is 544 g/mol. The Morgan fingerprint density at radius 1 is 1.14 bits per heavy atom. The average Bonchev–Trinajstić information content (AvgIpc) is 3.21. The van der Waals surface area contributed by atoms with Gasteiger partial charge in [0.2, 0.25) is 0 Å². The van der Waals surface area contributed by atoms with Crippen LogP contribution in [-0.2, 0) is 12.8 Å². The maximum atomic E-state index is 13.5. The number of amides is 1. The van der Waals surface area contributed by atoms with Gasteiger partial charge in [0.25, 0.3) is 5.91 Å². The molecule has 1 aromatic heterocycles. The SMILES string of the molecule is COc1cc(C=Nc2sc3c(c2C(=O)Nc2ccc(Cl)cc2)CC[C@H](C(C)(C)C)C3)cc(Cl)c1OC. The number of methoxy groups -OCH3 is 2. The van der Waals surface area contributed by atoms with Crippen LogP contribution in [0.3, 0.4) is 0 Å². The van der Waals surface area contributed by atoms with Crippen LogP contribution in [0.1, 0.15) is 53.6 Å². The highest BCUT2D eigenvalue weighted by Gasteiger charge is 2.33. The van der Waals surface area contributed by atoms with Crippen molar-refractivity contribution in [2.24, 2.45) is 16.3 Å². The predicted molar refractivity (Wildman–Crippen MR) is 151 cm³/mol. The zero-order valence-electron chi connectivity index (χ0n) is 21.1. The highest BCUT2D eigenvalue weighted by Crippen LogP contribution is 2.45. The minimum absolute atomic E-state index is 0.165. The summed E-state index contributed by atoms with van der Waals surface area (Å²) in [6.45, 7) is 6.85. The minimum Gasteiger partial charge on any atom is -0.493 e. The number of ether oxygens (including phenoxy) is 2. The van der Waals surface area contributed by atoms with Crippen molar-refractivity contribution in [2.45, 2.75) is 40.0 Å². The summed E-state index contributed by atoms with van der Waals surface area (Å²) in [6.07, 6.45) is 4.56. The van der Waals surface area contributed by atoms with Gasteiger partial charge < -0.3 is 14.8 Å². The van der Waals surface area contributed by atoms with Crippen LogP contribution in [0, 0.1) is 11.3 Å². The molecule has 5 nitrogen and oxygen atoms in total. The molecular formula is C28H30Cl2N2O3S. The van der Waals surface area contributed by atoms with E-state index in [1.165, 1.54) is 4.88 Å². The van der Waals surface area contributed by atoms with Crippen molar-refractivity contribution in [1.82, 2.24) is 0 Å². The Kier molecular flexibility index (Phi) is 7.98. The molecule has 0 fully saturated rings. The Balaban J connectivity index is 1.72. The van der Waals surface area contributed by atoms with E-state index in [0.29, 0.717) is 43.7 Å². The molecule has 8 heteroatoms. The third-order valence-electron chi connectivity index (χ3n) is 6.59. The third kappa shape index (κ3) is 5.72. The zero-order valence-corrected chi connectivity index (χ0v) is 23.4. The molecule has 3 aromatic rings. The summed E-state index contributed by atoms with van der Waals surface area (Å²) in [6, 6.07) is 10.7. The van der Waals surface area contributed by atoms with Crippen molar-refractivity contribution >= 4 is 57.3 Å². The van der Waals surface area contributed by atoms with E-state index in [-0.39, 0.29) is 11.3 Å². The van der Waals surface area contributed by atoms with Crippen LogP contribution in [-0.4, -0.2) is 26.3 Å². The summed E-state index contributed by atoms with van der Waals surface area (Å²) in [5, 5.41) is 4.76. The van der Waals surface area contributed by atoms with E-state index in [1.807, 2.05) is 6.07 Å². The Morgan fingerprint density at radius 2 is 1.86 bits per heavy atom. The number of thiophene rings is 1. The molecule has 0 bridgehead atoms. The van der Waals surface area contributed by atoms with Crippen LogP contribution in [0.15, 0.2) is 41.4 Å². The fraction of sp³-hybridized carbons (Fsp3) is 0.357. The molecule has 1 N–H and O–H groups in total. The quantitative estimate of drug-likeness (QED) is 0.318. The molecular weight excluding hydrogens is 515 g/mol. The Morgan fingerprint density at radius 3 is 2.50 bits per heavy atom. The number of nitrogens with one attached hydrogen (secondary N) is 1. The van der Waals surface area contributed by atoms with E-state index in [0.717, 1.165) is 30.4 Å². The van der Waals surface area contributed by atoms with E-state index >= 15 is 0 Å². The Bertz CT molecular complexity index is 1290. The second-order valence-corrected chi connectivity index (χ2v) is 11.9. The molecule has 1 amide bonds. The summed E-state index contributed by atoms with van der Waals surface area (Å²) in [4.78, 5) is 19.5. The smallest absolute Gasteiger partial charge is 0.259 e. The maximum Gasteiger partial charge on any atom is 0.259 e. The third-order valence-corrected chi connectivity index (χ3v) is 8.28. The maximum absolute atomic E-state index is 13.5. The summed E-state index contributed by atoms with van der Waals surface area (Å²) in [5.41, 5.74) is 3.38. The summed E-state index contributed by atoms with van der Waals surface area (Å²) in [5.74, 6) is 1.38. The lowest BCUT2D eigenvalue weighted by atomic mass is 9.72. The number of rotatable bonds is 6. The van der Waals surface area contributed by atoms with Crippen LogP contribution < -0.4 is 14.8 Å². The van der Waals surface area contributed by atoms with Gasteiger partial charge in [-0.05, 0) is 78.1 Å². The zero-order chi connectivity index (χ0) is 26.0. The topological polar surface area (TPSA) is 59.9 Å². The molecule has 0 saturated heterocycles. The van der Waals surface area contributed by atoms with E-state index in [4.69, 9.17) is 37.7 Å². The molecule has 0 unspecified atom stereocenters. The molecule has 2 aromatic carbocycles. The van der Waals surface area contributed by atoms with Gasteiger partial charge in [-0.3, -0.25) is 4.79 Å². The van der Waals surface area contributed by atoms with Crippen LogP contribution in [0.5, 0.6) is 11.5 Å². The van der Waals surface area contributed by atoms with Crippen molar-refractivity contribution in [3.8, 4) is 11.5 Å². The molecule has 0 radical (unpaired) electrons. The summed E-state index contributed by atoms with van der Waals surface area (Å²) in [7, 11) is 3.11. The molecule has 190 valence electrons. The van der Waals surface area contributed by atoms with Crippen molar-refractivity contribution in [2.75, 3.05) is 19.5 Å². The van der Waals surface area contributed by atoms with E-state index in [1.54, 1.807) is 62.1 Å². The minimum atomic E-state index is -0.165. The summed E-state index contributed by atoms with van der Waals surface area (Å²) < 4.78 is 10.7. The van der Waals surface area contributed by atoms with Gasteiger partial charge in [0.15, 0.2) is 11.5 Å². The molecule has 1 aliphatic carbocycles. The number of carbonyl (C=O) groups is 1. The first-order valence-corrected chi connectivity index (χ1v) is 13.3. The van der Waals surface area contributed by atoms with Gasteiger partial charge in [-0.2, -0.15) is 0 Å². The largest absolute Gasteiger partial charge is 0.493 e. The molecule has 1 aliphatic rings. The van der Waals surface area contributed by atoms with E-state index < -0.39 is 0 Å². The molecule has 4 rings (SSSR count). The van der Waals surface area contributed by atoms with Crippen LogP contribution >= 0.6 is 34.5 Å². The molecule has 1 heterocycles. The fourth-order valence-corrected chi connectivity index (χ4v) is 6.20. The molecule has 0 spiro atoms. The standard InChI is InChI=1S/C28H30Cl2N2O3S/c1-28(2,3)17-6-11-20-23(14-17)36-27(24(20)26(33)32-19-9-7-18(29)8-10-19)31-15-16-12-21(30)25(35-5)22(13-16)34-4/h7-10,12-13,15,17H,6,11,14H2,1-5H3,(H,32,33)/t17-/m0/s1. The highest BCUT2D eigenvalue weighted by molar-refractivity contribution is 7.16. The van der Waals surface area contributed by atoms with Gasteiger partial charge in [0, 0.05) is 21.8 Å². The molecule has 0 saturated carbocycles. The lowest BCUT2D eigenvalue weighted by Gasteiger charge is -2.33. The van der Waals surface area contributed by atoms with Crippen molar-refractivity contribution in [3.63, 3.8) is 0 Å². The number of hydrogen-bond donors (Lipinski definition) is 1. The number of anilines is 1. The van der Waals surface area contributed by atoms with Gasteiger partial charge >= 0.3 is 0 Å². The number of hydrogen-bond acceptors (Lipinski definition) is 5. The number of fused-ring (bicyclic) bond motifs is 1. The van der Waals surface area contributed by atoms with E-state index in [2.05, 4.69) is 26.1 Å². The van der Waals surface area contributed by atoms with Gasteiger partial charge in [-0.1, -0.05) is 44.0 Å². The second-order valence-electron chi connectivity index (χ2n) is 9.95. The second kappa shape index (κ2) is 10.8. The van der Waals surface area contributed by atoms with Crippen LogP contribution in [0.25, 0.3) is 0 Å². The number of aliphatic imine (C=N–C) groups is 1. The van der Waals surface area contributed by atoms with Crippen molar-refractivity contribution < 1.29 is 14.3 Å². The first kappa shape index (κ1) is 26.5. The number of nitrogens with zero attached hydrogens (tertiary/aromatic N) is 1. The first-order valence-electron chi connectivity index (χ1n) is 11.8. The van der Waals surface area contributed by atoms with Crippen molar-refractivity contribution in [3.05, 3.63) is 68.0 Å². The lowest BCUT2D eigenvalue weighted by Crippen LogP contribution is -2.27. The first-order chi connectivity index (χ1) is 17.1. The van der Waals surface area contributed by atoms with E-state index in [9.17, 15) is 4.79 Å². The van der Waals surface area contributed by atoms with Gasteiger partial charge in [0.1, 0.15) is 5.00 Å².